The fourth-order valence-corrected chi connectivity index (χ4v) is 1.94. The molecule has 0 spiro atoms. The van der Waals surface area contributed by atoms with Crippen LogP contribution in [0.1, 0.15) is 25.7 Å². The molecule has 1 aliphatic carbocycles. The summed E-state index contributed by atoms with van der Waals surface area (Å²) in [5.41, 5.74) is 0. The number of rotatable bonds is 0. The van der Waals surface area contributed by atoms with Crippen LogP contribution >= 0.6 is 15.9 Å². The van der Waals surface area contributed by atoms with Crippen molar-refractivity contribution in [1.29, 1.82) is 5.26 Å². The lowest BCUT2D eigenvalue weighted by atomic mass is 9.90. The second kappa shape index (κ2) is 3.22. The molecule has 0 heterocycles. The Morgan fingerprint density at radius 1 is 1.33 bits per heavy atom. The highest BCUT2D eigenvalue weighted by Crippen LogP contribution is 2.28. The lowest BCUT2D eigenvalue weighted by Gasteiger charge is -2.20. The van der Waals surface area contributed by atoms with Crippen molar-refractivity contribution in [2.45, 2.75) is 30.5 Å². The van der Waals surface area contributed by atoms with Gasteiger partial charge in [0.1, 0.15) is 0 Å². The molecule has 1 nitrogen and oxygen atoms in total. The van der Waals surface area contributed by atoms with E-state index in [1.165, 1.54) is 19.3 Å². The van der Waals surface area contributed by atoms with E-state index in [9.17, 15) is 0 Å². The molecule has 0 aliphatic heterocycles. The third kappa shape index (κ3) is 1.69. The Balaban J connectivity index is 2.41. The Morgan fingerprint density at radius 3 is 2.44 bits per heavy atom. The molecule has 0 saturated heterocycles. The maximum absolute atomic E-state index is 8.58. The molecule has 0 aromatic carbocycles. The number of halogens is 1. The predicted octanol–water partition coefficient (Wildman–Crippen LogP) is 2.46. The highest BCUT2D eigenvalue weighted by Gasteiger charge is 2.21. The summed E-state index contributed by atoms with van der Waals surface area (Å²) in [6.45, 7) is 0. The Morgan fingerprint density at radius 2 is 2.00 bits per heavy atom. The zero-order chi connectivity index (χ0) is 6.69. The van der Waals surface area contributed by atoms with Crippen LogP contribution in [0.5, 0.6) is 0 Å². The summed E-state index contributed by atoms with van der Waals surface area (Å²) in [5, 5.41) is 8.58. The lowest BCUT2D eigenvalue weighted by Crippen LogP contribution is -2.16. The summed E-state index contributed by atoms with van der Waals surface area (Å²) in [6, 6.07) is 2.31. The Labute approximate surface area is 64.2 Å². The minimum absolute atomic E-state index is 0.277. The lowest BCUT2D eigenvalue weighted by molar-refractivity contribution is 0.445. The number of alkyl halides is 1. The van der Waals surface area contributed by atoms with Gasteiger partial charge in [-0.3, -0.25) is 0 Å². The van der Waals surface area contributed by atoms with Crippen LogP contribution in [0.3, 0.4) is 0 Å². The van der Waals surface area contributed by atoms with E-state index >= 15 is 0 Å². The van der Waals surface area contributed by atoms with Gasteiger partial charge in [0.25, 0.3) is 0 Å². The van der Waals surface area contributed by atoms with Crippen molar-refractivity contribution >= 4 is 15.9 Å². The van der Waals surface area contributed by atoms with Crippen molar-refractivity contribution in [3.05, 3.63) is 0 Å². The van der Waals surface area contributed by atoms with Crippen LogP contribution in [0.25, 0.3) is 0 Å². The summed E-state index contributed by atoms with van der Waals surface area (Å²) in [7, 11) is 0. The van der Waals surface area contributed by atoms with E-state index in [1.54, 1.807) is 0 Å². The van der Waals surface area contributed by atoms with Crippen molar-refractivity contribution in [3.63, 3.8) is 0 Å². The van der Waals surface area contributed by atoms with E-state index in [-0.39, 0.29) is 5.92 Å². The molecule has 1 fully saturated rings. The fraction of sp³-hybridized carbons (Fsp3) is 0.857. The zero-order valence-electron chi connectivity index (χ0n) is 5.31. The largest absolute Gasteiger partial charge is 0.198 e. The summed E-state index contributed by atoms with van der Waals surface area (Å²) in [4.78, 5) is 0.469. The molecule has 0 N–H and O–H groups in total. The maximum atomic E-state index is 8.58. The van der Waals surface area contributed by atoms with Gasteiger partial charge in [0.2, 0.25) is 0 Å². The Hall–Kier alpha value is -0.0300. The van der Waals surface area contributed by atoms with Gasteiger partial charge in [-0.25, -0.2) is 0 Å². The minimum atomic E-state index is 0.277. The molecule has 1 saturated carbocycles. The minimum Gasteiger partial charge on any atom is -0.198 e. The van der Waals surface area contributed by atoms with Gasteiger partial charge in [0.05, 0.1) is 12.0 Å². The molecule has 0 bridgehead atoms. The molecule has 0 unspecified atom stereocenters. The second-order valence-corrected chi connectivity index (χ2v) is 3.71. The first-order valence-corrected chi connectivity index (χ1v) is 4.30. The number of nitriles is 1. The van der Waals surface area contributed by atoms with Crippen molar-refractivity contribution in [2.75, 3.05) is 0 Å². The monoisotopic (exact) mass is 187 g/mol. The molecule has 2 atom stereocenters. The highest BCUT2D eigenvalue weighted by atomic mass is 79.9. The van der Waals surface area contributed by atoms with Crippen molar-refractivity contribution in [1.82, 2.24) is 0 Å². The van der Waals surface area contributed by atoms with E-state index < -0.39 is 0 Å². The SMILES string of the molecule is N#C[C@@H]1CCCC[C@@H]1Br. The summed E-state index contributed by atoms with van der Waals surface area (Å²) in [6.07, 6.45) is 4.79. The average Bonchev–Trinajstić information content (AvgIpc) is 1.89. The fourth-order valence-electron chi connectivity index (χ4n) is 1.23. The molecule has 0 radical (unpaired) electrons. The summed E-state index contributed by atoms with van der Waals surface area (Å²) < 4.78 is 0. The van der Waals surface area contributed by atoms with E-state index in [4.69, 9.17) is 5.26 Å². The van der Waals surface area contributed by atoms with Gasteiger partial charge in [-0.2, -0.15) is 5.26 Å². The van der Waals surface area contributed by atoms with Gasteiger partial charge in [-0.05, 0) is 12.8 Å². The number of hydrogen-bond donors (Lipinski definition) is 0. The van der Waals surface area contributed by atoms with Gasteiger partial charge in [-0.1, -0.05) is 28.8 Å². The maximum Gasteiger partial charge on any atom is 0.0667 e. The predicted molar refractivity (Wildman–Crippen MR) is 40.3 cm³/mol. The number of nitrogens with zero attached hydrogens (tertiary/aromatic N) is 1. The van der Waals surface area contributed by atoms with Gasteiger partial charge in [0, 0.05) is 4.83 Å². The van der Waals surface area contributed by atoms with Gasteiger partial charge >= 0.3 is 0 Å². The molecule has 50 valence electrons. The molecular formula is C7H10BrN. The molecule has 0 aromatic rings. The smallest absolute Gasteiger partial charge is 0.0667 e. The molecular weight excluding hydrogens is 178 g/mol. The molecule has 0 amide bonds. The van der Waals surface area contributed by atoms with Crippen LogP contribution < -0.4 is 0 Å². The van der Waals surface area contributed by atoms with E-state index in [0.717, 1.165) is 6.42 Å². The van der Waals surface area contributed by atoms with Crippen molar-refractivity contribution < 1.29 is 0 Å². The van der Waals surface area contributed by atoms with Crippen LogP contribution in [0.2, 0.25) is 0 Å². The van der Waals surface area contributed by atoms with Crippen LogP contribution in [0, 0.1) is 17.2 Å². The van der Waals surface area contributed by atoms with Gasteiger partial charge in [-0.15, -0.1) is 0 Å². The third-order valence-electron chi connectivity index (χ3n) is 1.85. The van der Waals surface area contributed by atoms with Crippen molar-refractivity contribution in [3.8, 4) is 6.07 Å². The van der Waals surface area contributed by atoms with Crippen LogP contribution in [0.4, 0.5) is 0 Å². The first-order chi connectivity index (χ1) is 4.34. The van der Waals surface area contributed by atoms with Gasteiger partial charge < -0.3 is 0 Å². The standard InChI is InChI=1S/C7H10BrN/c8-7-4-2-1-3-6(7)5-9/h6-7H,1-4H2/t6-,7-/m0/s1. The molecule has 1 aliphatic rings. The molecule has 1 rings (SSSR count). The van der Waals surface area contributed by atoms with E-state index in [1.807, 2.05) is 0 Å². The average molecular weight is 188 g/mol. The first-order valence-electron chi connectivity index (χ1n) is 3.38. The number of hydrogen-bond acceptors (Lipinski definition) is 1. The summed E-state index contributed by atoms with van der Waals surface area (Å²) >= 11 is 3.49. The zero-order valence-corrected chi connectivity index (χ0v) is 6.89. The quantitative estimate of drug-likeness (QED) is 0.535. The second-order valence-electron chi connectivity index (χ2n) is 2.54. The molecule has 9 heavy (non-hydrogen) atoms. The highest BCUT2D eigenvalue weighted by molar-refractivity contribution is 9.09. The van der Waals surface area contributed by atoms with E-state index in [0.29, 0.717) is 4.83 Å². The summed E-state index contributed by atoms with van der Waals surface area (Å²) in [5.74, 6) is 0.277. The van der Waals surface area contributed by atoms with Crippen LogP contribution in [-0.2, 0) is 0 Å². The third-order valence-corrected chi connectivity index (χ3v) is 2.94. The topological polar surface area (TPSA) is 23.8 Å². The normalized spacial score (nSPS) is 35.6. The molecule has 2 heteroatoms. The van der Waals surface area contributed by atoms with Crippen LogP contribution in [0.15, 0.2) is 0 Å². The van der Waals surface area contributed by atoms with Gasteiger partial charge in [0.15, 0.2) is 0 Å². The van der Waals surface area contributed by atoms with Crippen molar-refractivity contribution in [2.24, 2.45) is 5.92 Å². The first kappa shape index (κ1) is 7.08. The Bertz CT molecular complexity index is 127. The molecule has 0 aromatic heterocycles. The Kier molecular flexibility index (Phi) is 2.53. The van der Waals surface area contributed by atoms with Crippen LogP contribution in [-0.4, -0.2) is 4.83 Å². The van der Waals surface area contributed by atoms with E-state index in [2.05, 4.69) is 22.0 Å².